The number of aliphatic carboxylic acids is 1. The summed E-state index contributed by atoms with van der Waals surface area (Å²) in [6.07, 6.45) is 6.70. The van der Waals surface area contributed by atoms with Gasteiger partial charge in [0.25, 0.3) is 0 Å². The monoisotopic (exact) mass is 256 g/mol. The number of hydrogen-bond acceptors (Lipinski definition) is 4. The van der Waals surface area contributed by atoms with E-state index in [0.717, 1.165) is 38.2 Å². The summed E-state index contributed by atoms with van der Waals surface area (Å²) in [5.41, 5.74) is 0. The first-order chi connectivity index (χ1) is 8.48. The van der Waals surface area contributed by atoms with Crippen LogP contribution in [-0.4, -0.2) is 27.9 Å². The molecule has 102 valence electrons. The van der Waals surface area contributed by atoms with Gasteiger partial charge in [-0.15, -0.1) is 0 Å². The number of carbonyl (C=O) groups is 2. The van der Waals surface area contributed by atoms with Gasteiger partial charge in [-0.25, -0.2) is 9.59 Å². The van der Waals surface area contributed by atoms with Crippen LogP contribution in [0.1, 0.15) is 45.4 Å². The van der Waals surface area contributed by atoms with Crippen molar-refractivity contribution in [3.05, 3.63) is 12.2 Å². The standard InChI is InChI=1S/C13H20O5/c1-2-13(17,10-6-4-3-5-7-10)18-12(16)9-8-11(14)15/h8-10,17H,2-7H2,1H3,(H,14,15). The highest BCUT2D eigenvalue weighted by molar-refractivity contribution is 5.90. The lowest BCUT2D eigenvalue weighted by atomic mass is 9.82. The Kier molecular flexibility index (Phi) is 5.34. The Labute approximate surface area is 106 Å². The van der Waals surface area contributed by atoms with Gasteiger partial charge in [-0.1, -0.05) is 26.2 Å². The van der Waals surface area contributed by atoms with E-state index < -0.39 is 17.7 Å². The first-order valence-electron chi connectivity index (χ1n) is 6.34. The molecule has 0 spiro atoms. The molecule has 5 heteroatoms. The third kappa shape index (κ3) is 4.14. The quantitative estimate of drug-likeness (QED) is 0.445. The Morgan fingerprint density at radius 3 is 2.39 bits per heavy atom. The Morgan fingerprint density at radius 2 is 1.89 bits per heavy atom. The lowest BCUT2D eigenvalue weighted by molar-refractivity contribution is -0.233. The van der Waals surface area contributed by atoms with E-state index in [1.807, 2.05) is 0 Å². The average Bonchev–Trinajstić information content (AvgIpc) is 2.37. The molecule has 0 aromatic rings. The van der Waals surface area contributed by atoms with Crippen molar-refractivity contribution in [2.75, 3.05) is 0 Å². The zero-order chi connectivity index (χ0) is 13.6. The van der Waals surface area contributed by atoms with Gasteiger partial charge in [-0.3, -0.25) is 0 Å². The first kappa shape index (κ1) is 14.7. The zero-order valence-corrected chi connectivity index (χ0v) is 10.6. The van der Waals surface area contributed by atoms with Crippen LogP contribution in [0.4, 0.5) is 0 Å². The van der Waals surface area contributed by atoms with Crippen LogP contribution in [0.25, 0.3) is 0 Å². The molecular formula is C13H20O5. The molecule has 0 aliphatic heterocycles. The molecule has 0 radical (unpaired) electrons. The highest BCUT2D eigenvalue weighted by atomic mass is 16.7. The van der Waals surface area contributed by atoms with Crippen LogP contribution in [0, 0.1) is 5.92 Å². The molecule has 1 aliphatic rings. The Bertz CT molecular complexity index is 330. The minimum atomic E-state index is -1.47. The van der Waals surface area contributed by atoms with Crippen LogP contribution in [0.3, 0.4) is 0 Å². The van der Waals surface area contributed by atoms with E-state index in [-0.39, 0.29) is 5.92 Å². The molecule has 1 rings (SSSR count). The highest BCUT2D eigenvalue weighted by Gasteiger charge is 2.39. The number of esters is 1. The van der Waals surface area contributed by atoms with Crippen molar-refractivity contribution in [3.63, 3.8) is 0 Å². The molecule has 0 aromatic heterocycles. The average molecular weight is 256 g/mol. The van der Waals surface area contributed by atoms with E-state index in [0.29, 0.717) is 12.5 Å². The summed E-state index contributed by atoms with van der Waals surface area (Å²) >= 11 is 0. The fraction of sp³-hybridized carbons (Fsp3) is 0.692. The molecule has 0 saturated heterocycles. The minimum Gasteiger partial charge on any atom is -0.478 e. The van der Waals surface area contributed by atoms with E-state index in [1.165, 1.54) is 0 Å². The molecule has 0 aromatic carbocycles. The topological polar surface area (TPSA) is 83.8 Å². The summed E-state index contributed by atoms with van der Waals surface area (Å²) in [4.78, 5) is 21.7. The van der Waals surface area contributed by atoms with E-state index in [4.69, 9.17) is 9.84 Å². The van der Waals surface area contributed by atoms with Crippen LogP contribution in [0.2, 0.25) is 0 Å². The van der Waals surface area contributed by atoms with Crippen molar-refractivity contribution in [1.29, 1.82) is 0 Å². The second kappa shape index (κ2) is 6.54. The third-order valence-electron chi connectivity index (χ3n) is 3.39. The molecule has 0 bridgehead atoms. The van der Waals surface area contributed by atoms with Crippen LogP contribution >= 0.6 is 0 Å². The molecule has 1 saturated carbocycles. The third-order valence-corrected chi connectivity index (χ3v) is 3.39. The molecule has 18 heavy (non-hydrogen) atoms. The summed E-state index contributed by atoms with van der Waals surface area (Å²) in [6, 6.07) is 0. The summed E-state index contributed by atoms with van der Waals surface area (Å²) in [5.74, 6) is -3.56. The van der Waals surface area contributed by atoms with E-state index in [1.54, 1.807) is 6.92 Å². The van der Waals surface area contributed by atoms with Crippen molar-refractivity contribution in [3.8, 4) is 0 Å². The van der Waals surface area contributed by atoms with Gasteiger partial charge in [0.1, 0.15) is 0 Å². The maximum Gasteiger partial charge on any atom is 0.333 e. The predicted octanol–water partition coefficient (Wildman–Crippen LogP) is 1.85. The van der Waals surface area contributed by atoms with Crippen LogP contribution < -0.4 is 0 Å². The van der Waals surface area contributed by atoms with Gasteiger partial charge in [0.2, 0.25) is 5.79 Å². The van der Waals surface area contributed by atoms with E-state index in [9.17, 15) is 14.7 Å². The smallest absolute Gasteiger partial charge is 0.333 e. The summed E-state index contributed by atoms with van der Waals surface area (Å²) in [7, 11) is 0. The van der Waals surface area contributed by atoms with Gasteiger partial charge < -0.3 is 14.9 Å². The molecule has 2 N–H and O–H groups in total. The Balaban J connectivity index is 2.63. The first-order valence-corrected chi connectivity index (χ1v) is 6.34. The molecule has 5 nitrogen and oxygen atoms in total. The van der Waals surface area contributed by atoms with E-state index >= 15 is 0 Å². The molecule has 1 unspecified atom stereocenters. The number of carboxylic acid groups (broad SMARTS) is 1. The van der Waals surface area contributed by atoms with Crippen LogP contribution in [0.5, 0.6) is 0 Å². The zero-order valence-electron chi connectivity index (χ0n) is 10.6. The normalized spacial score (nSPS) is 20.6. The van der Waals surface area contributed by atoms with Crippen molar-refractivity contribution in [1.82, 2.24) is 0 Å². The predicted molar refractivity (Wildman–Crippen MR) is 64.7 cm³/mol. The maximum absolute atomic E-state index is 11.4. The van der Waals surface area contributed by atoms with Gasteiger partial charge in [0.15, 0.2) is 0 Å². The minimum absolute atomic E-state index is 0.0570. The van der Waals surface area contributed by atoms with Crippen LogP contribution in [-0.2, 0) is 14.3 Å². The molecule has 1 fully saturated rings. The van der Waals surface area contributed by atoms with Crippen LogP contribution in [0.15, 0.2) is 12.2 Å². The van der Waals surface area contributed by atoms with Crippen molar-refractivity contribution in [2.45, 2.75) is 51.2 Å². The second-order valence-electron chi connectivity index (χ2n) is 4.63. The summed E-state index contributed by atoms with van der Waals surface area (Å²) in [5, 5.41) is 18.8. The number of rotatable bonds is 5. The molecule has 1 atom stereocenters. The fourth-order valence-corrected chi connectivity index (χ4v) is 2.35. The van der Waals surface area contributed by atoms with Crippen molar-refractivity contribution < 1.29 is 24.5 Å². The van der Waals surface area contributed by atoms with Gasteiger partial charge in [0, 0.05) is 24.5 Å². The molecule has 1 aliphatic carbocycles. The summed E-state index contributed by atoms with van der Waals surface area (Å²) < 4.78 is 5.04. The highest BCUT2D eigenvalue weighted by Crippen LogP contribution is 2.35. The number of aliphatic hydroxyl groups is 1. The fourth-order valence-electron chi connectivity index (χ4n) is 2.35. The van der Waals surface area contributed by atoms with E-state index in [2.05, 4.69) is 0 Å². The molecule has 0 amide bonds. The Hall–Kier alpha value is -1.36. The lowest BCUT2D eigenvalue weighted by Crippen LogP contribution is -2.42. The summed E-state index contributed by atoms with van der Waals surface area (Å²) in [6.45, 7) is 1.75. The largest absolute Gasteiger partial charge is 0.478 e. The number of carbonyl (C=O) groups excluding carboxylic acids is 1. The second-order valence-corrected chi connectivity index (χ2v) is 4.63. The Morgan fingerprint density at radius 1 is 1.28 bits per heavy atom. The van der Waals surface area contributed by atoms with Gasteiger partial charge >= 0.3 is 11.9 Å². The van der Waals surface area contributed by atoms with Gasteiger partial charge in [-0.05, 0) is 12.8 Å². The van der Waals surface area contributed by atoms with Crippen molar-refractivity contribution >= 4 is 11.9 Å². The lowest BCUT2D eigenvalue weighted by Gasteiger charge is -2.36. The molecular weight excluding hydrogens is 236 g/mol. The number of ether oxygens (including phenoxy) is 1. The van der Waals surface area contributed by atoms with Crippen molar-refractivity contribution in [2.24, 2.45) is 5.92 Å². The maximum atomic E-state index is 11.4. The molecule has 0 heterocycles. The number of carboxylic acids is 1. The van der Waals surface area contributed by atoms with Gasteiger partial charge in [-0.2, -0.15) is 0 Å². The number of hydrogen-bond donors (Lipinski definition) is 2. The SMILES string of the molecule is CCC(O)(OC(=O)C=CC(=O)O)C1CCCCC1. The van der Waals surface area contributed by atoms with Gasteiger partial charge in [0.05, 0.1) is 0 Å².